The van der Waals surface area contributed by atoms with Gasteiger partial charge in [-0.05, 0) is 31.2 Å². The molecule has 2 aromatic heterocycles. The van der Waals surface area contributed by atoms with Gasteiger partial charge < -0.3 is 0 Å². The third-order valence-electron chi connectivity index (χ3n) is 3.62. The topological polar surface area (TPSA) is 47.8 Å². The molecule has 4 nitrogen and oxygen atoms in total. The number of hydrogen-bond acceptors (Lipinski definition) is 4. The van der Waals surface area contributed by atoms with Crippen LogP contribution in [0.1, 0.15) is 10.6 Å². The van der Waals surface area contributed by atoms with Gasteiger partial charge in [-0.1, -0.05) is 23.8 Å². The van der Waals surface area contributed by atoms with E-state index in [0.717, 1.165) is 26.3 Å². The highest BCUT2D eigenvalue weighted by Gasteiger charge is 2.08. The van der Waals surface area contributed by atoms with Crippen molar-refractivity contribution in [2.24, 2.45) is 0 Å². The molecule has 4 rings (SSSR count). The van der Waals surface area contributed by atoms with Crippen molar-refractivity contribution in [3.05, 3.63) is 69.7 Å². The third-order valence-corrected chi connectivity index (χ3v) is 4.64. The summed E-state index contributed by atoms with van der Waals surface area (Å²) in [5.74, 6) is 0. The van der Waals surface area contributed by atoms with Crippen LogP contribution in [0.15, 0.2) is 53.6 Å². The number of nitrogens with zero attached hydrogens (tertiary/aromatic N) is 3. The van der Waals surface area contributed by atoms with E-state index in [9.17, 15) is 4.79 Å². The molecule has 4 aromatic rings. The van der Waals surface area contributed by atoms with Crippen LogP contribution >= 0.6 is 11.3 Å². The van der Waals surface area contributed by atoms with Crippen LogP contribution in [0.3, 0.4) is 0 Å². The van der Waals surface area contributed by atoms with Crippen LogP contribution in [0.25, 0.3) is 21.1 Å². The Balaban J connectivity index is 1.80. The first kappa shape index (κ1) is 13.2. The molecule has 0 saturated heterocycles. The smallest absolute Gasteiger partial charge is 0.261 e. The predicted octanol–water partition coefficient (Wildman–Crippen LogP) is 3.36. The van der Waals surface area contributed by atoms with Crippen LogP contribution in [0.5, 0.6) is 0 Å². The second-order valence-corrected chi connectivity index (χ2v) is 6.39. The summed E-state index contributed by atoms with van der Waals surface area (Å²) in [4.78, 5) is 21.6. The fourth-order valence-corrected chi connectivity index (χ4v) is 3.49. The molecule has 0 bridgehead atoms. The number of aryl methyl sites for hydroxylation is 1. The molecule has 0 atom stereocenters. The van der Waals surface area contributed by atoms with E-state index < -0.39 is 0 Å². The van der Waals surface area contributed by atoms with Gasteiger partial charge in [0, 0.05) is 0 Å². The zero-order valence-corrected chi connectivity index (χ0v) is 12.8. The van der Waals surface area contributed by atoms with Crippen molar-refractivity contribution >= 4 is 32.5 Å². The minimum absolute atomic E-state index is 0.0204. The maximum Gasteiger partial charge on any atom is 0.261 e. The van der Waals surface area contributed by atoms with E-state index in [0.29, 0.717) is 11.9 Å². The summed E-state index contributed by atoms with van der Waals surface area (Å²) < 4.78 is 2.76. The second-order valence-electron chi connectivity index (χ2n) is 5.27. The molecule has 0 aliphatic rings. The standard InChI is InChI=1S/C17H13N3OS/c1-11-6-7-13-12(8-11)17(21)20(10-18-13)9-16-19-14-4-2-3-5-15(14)22-16/h2-8,10H,9H2,1H3. The molecular formula is C17H13N3OS. The molecule has 0 amide bonds. The molecule has 0 spiro atoms. The molecule has 0 radical (unpaired) electrons. The Morgan fingerprint density at radius 3 is 2.86 bits per heavy atom. The molecule has 22 heavy (non-hydrogen) atoms. The van der Waals surface area contributed by atoms with Gasteiger partial charge in [-0.15, -0.1) is 11.3 Å². The Kier molecular flexibility index (Phi) is 3.01. The lowest BCUT2D eigenvalue weighted by molar-refractivity contribution is 0.745. The molecule has 5 heteroatoms. The van der Waals surface area contributed by atoms with Crippen molar-refractivity contribution in [1.82, 2.24) is 14.5 Å². The molecule has 0 unspecified atom stereocenters. The monoisotopic (exact) mass is 307 g/mol. The summed E-state index contributed by atoms with van der Waals surface area (Å²) in [5.41, 5.74) is 2.74. The summed E-state index contributed by atoms with van der Waals surface area (Å²) in [6.45, 7) is 2.43. The highest BCUT2D eigenvalue weighted by molar-refractivity contribution is 7.18. The lowest BCUT2D eigenvalue weighted by atomic mass is 10.2. The molecule has 2 heterocycles. The molecular weight excluding hydrogens is 294 g/mol. The quantitative estimate of drug-likeness (QED) is 0.570. The zero-order valence-electron chi connectivity index (χ0n) is 12.0. The highest BCUT2D eigenvalue weighted by Crippen LogP contribution is 2.22. The van der Waals surface area contributed by atoms with E-state index in [-0.39, 0.29) is 5.56 Å². The van der Waals surface area contributed by atoms with Crippen LogP contribution in [0.2, 0.25) is 0 Å². The second kappa shape index (κ2) is 5.03. The van der Waals surface area contributed by atoms with E-state index in [1.165, 1.54) is 0 Å². The van der Waals surface area contributed by atoms with Gasteiger partial charge in [0.05, 0.1) is 34.0 Å². The number of hydrogen-bond donors (Lipinski definition) is 0. The number of thiazole rings is 1. The average molecular weight is 307 g/mol. The van der Waals surface area contributed by atoms with Gasteiger partial charge in [0.15, 0.2) is 0 Å². The van der Waals surface area contributed by atoms with Gasteiger partial charge in [-0.25, -0.2) is 9.97 Å². The summed E-state index contributed by atoms with van der Waals surface area (Å²) in [6.07, 6.45) is 1.60. The van der Waals surface area contributed by atoms with Crippen LogP contribution in [0, 0.1) is 6.92 Å². The average Bonchev–Trinajstić information content (AvgIpc) is 2.93. The Labute approximate surface area is 130 Å². The number of aromatic nitrogens is 3. The van der Waals surface area contributed by atoms with Crippen LogP contribution in [-0.2, 0) is 6.54 Å². The number of benzene rings is 2. The fraction of sp³-hybridized carbons (Fsp3) is 0.118. The third kappa shape index (κ3) is 2.19. The van der Waals surface area contributed by atoms with Crippen LogP contribution < -0.4 is 5.56 Å². The van der Waals surface area contributed by atoms with E-state index in [1.807, 2.05) is 49.4 Å². The predicted molar refractivity (Wildman–Crippen MR) is 89.5 cm³/mol. The summed E-state index contributed by atoms with van der Waals surface area (Å²) in [7, 11) is 0. The van der Waals surface area contributed by atoms with Crippen molar-refractivity contribution in [3.8, 4) is 0 Å². The van der Waals surface area contributed by atoms with Crippen molar-refractivity contribution in [2.45, 2.75) is 13.5 Å². The van der Waals surface area contributed by atoms with Gasteiger partial charge in [0.25, 0.3) is 5.56 Å². The van der Waals surface area contributed by atoms with Gasteiger partial charge in [-0.3, -0.25) is 9.36 Å². The van der Waals surface area contributed by atoms with Gasteiger partial charge >= 0.3 is 0 Å². The van der Waals surface area contributed by atoms with Crippen molar-refractivity contribution < 1.29 is 0 Å². The van der Waals surface area contributed by atoms with Crippen LogP contribution in [0.4, 0.5) is 0 Å². The Morgan fingerprint density at radius 2 is 2.00 bits per heavy atom. The molecule has 108 valence electrons. The lowest BCUT2D eigenvalue weighted by Gasteiger charge is -2.05. The van der Waals surface area contributed by atoms with Crippen molar-refractivity contribution in [2.75, 3.05) is 0 Å². The lowest BCUT2D eigenvalue weighted by Crippen LogP contribution is -2.21. The Bertz CT molecular complexity index is 1020. The molecule has 0 fully saturated rings. The summed E-state index contributed by atoms with van der Waals surface area (Å²) >= 11 is 1.61. The van der Waals surface area contributed by atoms with Gasteiger partial charge in [0.1, 0.15) is 5.01 Å². The number of para-hydroxylation sites is 1. The minimum Gasteiger partial charge on any atom is -0.292 e. The molecule has 0 aliphatic carbocycles. The largest absolute Gasteiger partial charge is 0.292 e. The Morgan fingerprint density at radius 1 is 1.14 bits per heavy atom. The first-order chi connectivity index (χ1) is 10.7. The maximum absolute atomic E-state index is 12.6. The summed E-state index contributed by atoms with van der Waals surface area (Å²) in [5, 5.41) is 1.57. The van der Waals surface area contributed by atoms with Crippen LogP contribution in [-0.4, -0.2) is 14.5 Å². The highest BCUT2D eigenvalue weighted by atomic mass is 32.1. The molecule has 0 aliphatic heterocycles. The van der Waals surface area contributed by atoms with E-state index in [1.54, 1.807) is 22.2 Å². The molecule has 0 N–H and O–H groups in total. The van der Waals surface area contributed by atoms with Gasteiger partial charge in [0.2, 0.25) is 0 Å². The molecule has 0 saturated carbocycles. The number of fused-ring (bicyclic) bond motifs is 2. The van der Waals surface area contributed by atoms with Crippen molar-refractivity contribution in [3.63, 3.8) is 0 Å². The minimum atomic E-state index is -0.0204. The molecule has 2 aromatic carbocycles. The Hall–Kier alpha value is -2.53. The first-order valence-electron chi connectivity index (χ1n) is 7.01. The number of rotatable bonds is 2. The van der Waals surface area contributed by atoms with E-state index in [4.69, 9.17) is 0 Å². The fourth-order valence-electron chi connectivity index (χ4n) is 2.52. The maximum atomic E-state index is 12.6. The SMILES string of the molecule is Cc1ccc2ncn(Cc3nc4ccccc4s3)c(=O)c2c1. The normalized spacial score (nSPS) is 11.3. The van der Waals surface area contributed by atoms with Crippen molar-refractivity contribution in [1.29, 1.82) is 0 Å². The van der Waals surface area contributed by atoms with Gasteiger partial charge in [-0.2, -0.15) is 0 Å². The summed E-state index contributed by atoms with van der Waals surface area (Å²) in [6, 6.07) is 13.7. The van der Waals surface area contributed by atoms with E-state index >= 15 is 0 Å². The zero-order chi connectivity index (χ0) is 15.1. The van der Waals surface area contributed by atoms with E-state index in [2.05, 4.69) is 9.97 Å². The first-order valence-corrected chi connectivity index (χ1v) is 7.82.